The van der Waals surface area contributed by atoms with Crippen molar-refractivity contribution in [3.05, 3.63) is 0 Å². The molecule has 1 saturated carbocycles. The van der Waals surface area contributed by atoms with E-state index in [1.165, 1.54) is 19.3 Å². The number of amides is 2. The van der Waals surface area contributed by atoms with Crippen LogP contribution < -0.4 is 5.32 Å². The molecule has 3 rings (SSSR count). The third-order valence-electron chi connectivity index (χ3n) is 5.00. The third kappa shape index (κ3) is 2.97. The Kier molecular flexibility index (Phi) is 4.24. The molecule has 0 aromatic carbocycles. The van der Waals surface area contributed by atoms with Gasteiger partial charge in [0, 0.05) is 38.6 Å². The van der Waals surface area contributed by atoms with Crippen molar-refractivity contribution in [1.82, 2.24) is 15.1 Å². The molecule has 1 unspecified atom stereocenters. The zero-order valence-corrected chi connectivity index (χ0v) is 12.1. The van der Waals surface area contributed by atoms with Crippen LogP contribution in [0.2, 0.25) is 0 Å². The van der Waals surface area contributed by atoms with E-state index in [-0.39, 0.29) is 11.9 Å². The molecule has 0 radical (unpaired) electrons. The van der Waals surface area contributed by atoms with Gasteiger partial charge in [0.1, 0.15) is 0 Å². The third-order valence-corrected chi connectivity index (χ3v) is 5.00. The first-order chi connectivity index (χ1) is 9.74. The van der Waals surface area contributed by atoms with Gasteiger partial charge in [0.2, 0.25) is 11.8 Å². The van der Waals surface area contributed by atoms with E-state index in [9.17, 15) is 9.59 Å². The molecule has 1 atom stereocenters. The van der Waals surface area contributed by atoms with E-state index in [1.807, 2.05) is 9.80 Å². The van der Waals surface area contributed by atoms with Crippen LogP contribution in [0.15, 0.2) is 0 Å². The van der Waals surface area contributed by atoms with Crippen molar-refractivity contribution in [2.75, 3.05) is 32.7 Å². The normalized spacial score (nSPS) is 28.4. The summed E-state index contributed by atoms with van der Waals surface area (Å²) in [7, 11) is 0. The van der Waals surface area contributed by atoms with Crippen LogP contribution in [0.4, 0.5) is 0 Å². The van der Waals surface area contributed by atoms with Gasteiger partial charge in [0.15, 0.2) is 0 Å². The molecule has 0 spiro atoms. The number of piperazine rings is 1. The summed E-state index contributed by atoms with van der Waals surface area (Å²) in [6, 6.07) is 0.240. The maximum atomic E-state index is 12.3. The zero-order valence-electron chi connectivity index (χ0n) is 12.1. The van der Waals surface area contributed by atoms with E-state index >= 15 is 0 Å². The average Bonchev–Trinajstić information content (AvgIpc) is 2.43. The number of likely N-dealkylation sites (tertiary alicyclic amines) is 1. The van der Waals surface area contributed by atoms with Crippen LogP contribution in [0.25, 0.3) is 0 Å². The first kappa shape index (κ1) is 13.9. The van der Waals surface area contributed by atoms with Crippen molar-refractivity contribution in [2.24, 2.45) is 5.92 Å². The predicted molar refractivity (Wildman–Crippen MR) is 76.1 cm³/mol. The Morgan fingerprint density at radius 1 is 1.20 bits per heavy atom. The van der Waals surface area contributed by atoms with Crippen molar-refractivity contribution in [1.29, 1.82) is 0 Å². The maximum Gasteiger partial charge on any atom is 0.236 e. The quantitative estimate of drug-likeness (QED) is 0.823. The van der Waals surface area contributed by atoms with E-state index in [1.54, 1.807) is 0 Å². The molecule has 0 bridgehead atoms. The predicted octanol–water partition coefficient (Wildman–Crippen LogP) is 0.599. The fourth-order valence-electron chi connectivity index (χ4n) is 3.52. The van der Waals surface area contributed by atoms with Crippen LogP contribution in [-0.2, 0) is 9.59 Å². The van der Waals surface area contributed by atoms with Gasteiger partial charge in [-0.3, -0.25) is 9.59 Å². The lowest BCUT2D eigenvalue weighted by molar-refractivity contribution is -0.141. The molecule has 2 aliphatic heterocycles. The molecule has 2 saturated heterocycles. The van der Waals surface area contributed by atoms with Crippen LogP contribution >= 0.6 is 0 Å². The van der Waals surface area contributed by atoms with Crippen LogP contribution in [0, 0.1) is 5.92 Å². The van der Waals surface area contributed by atoms with Gasteiger partial charge in [-0.2, -0.15) is 0 Å². The fourth-order valence-corrected chi connectivity index (χ4v) is 3.52. The number of hydrogen-bond donors (Lipinski definition) is 1. The lowest BCUT2D eigenvalue weighted by Crippen LogP contribution is -2.57. The van der Waals surface area contributed by atoms with Gasteiger partial charge in [-0.25, -0.2) is 0 Å². The van der Waals surface area contributed by atoms with Crippen molar-refractivity contribution in [3.8, 4) is 0 Å². The number of rotatable bonds is 3. The van der Waals surface area contributed by atoms with Gasteiger partial charge in [0.25, 0.3) is 0 Å². The molecular formula is C15H25N3O2. The minimum absolute atomic E-state index is 0.189. The minimum atomic E-state index is 0.189. The highest BCUT2D eigenvalue weighted by molar-refractivity contribution is 5.80. The molecular weight excluding hydrogens is 254 g/mol. The second-order valence-corrected chi connectivity index (χ2v) is 6.40. The zero-order chi connectivity index (χ0) is 13.9. The summed E-state index contributed by atoms with van der Waals surface area (Å²) in [6.45, 7) is 3.73. The number of hydrogen-bond acceptors (Lipinski definition) is 3. The standard InChI is InChI=1S/C15H25N3O2/c19-14(9-12-3-1-4-12)17-7-2-5-13(11-17)18-8-6-16-10-15(18)20/h12-13,16H,1-11H2. The molecule has 5 heteroatoms. The molecule has 1 N–H and O–H groups in total. The maximum absolute atomic E-state index is 12.3. The van der Waals surface area contributed by atoms with Crippen molar-refractivity contribution < 1.29 is 9.59 Å². The summed E-state index contributed by atoms with van der Waals surface area (Å²) in [5.41, 5.74) is 0. The Hall–Kier alpha value is -1.10. The molecule has 3 fully saturated rings. The number of carbonyl (C=O) groups excluding carboxylic acids is 2. The molecule has 3 aliphatic rings. The second-order valence-electron chi connectivity index (χ2n) is 6.40. The summed E-state index contributed by atoms with van der Waals surface area (Å²) >= 11 is 0. The molecule has 0 aromatic rings. The van der Waals surface area contributed by atoms with Crippen LogP contribution in [0.3, 0.4) is 0 Å². The molecule has 112 valence electrons. The van der Waals surface area contributed by atoms with Crippen molar-refractivity contribution in [3.63, 3.8) is 0 Å². The van der Waals surface area contributed by atoms with E-state index in [0.29, 0.717) is 18.4 Å². The first-order valence-electron chi connectivity index (χ1n) is 8.02. The molecule has 1 aliphatic carbocycles. The highest BCUT2D eigenvalue weighted by Gasteiger charge is 2.32. The van der Waals surface area contributed by atoms with Gasteiger partial charge >= 0.3 is 0 Å². The number of carbonyl (C=O) groups is 2. The average molecular weight is 279 g/mol. The summed E-state index contributed by atoms with van der Waals surface area (Å²) in [5.74, 6) is 1.13. The molecule has 2 amide bonds. The van der Waals surface area contributed by atoms with Crippen LogP contribution in [0.1, 0.15) is 38.5 Å². The smallest absolute Gasteiger partial charge is 0.236 e. The summed E-state index contributed by atoms with van der Waals surface area (Å²) < 4.78 is 0. The Balaban J connectivity index is 1.55. The monoisotopic (exact) mass is 279 g/mol. The first-order valence-corrected chi connectivity index (χ1v) is 8.02. The summed E-state index contributed by atoms with van der Waals surface area (Å²) in [4.78, 5) is 28.3. The minimum Gasteiger partial charge on any atom is -0.341 e. The highest BCUT2D eigenvalue weighted by Crippen LogP contribution is 2.30. The van der Waals surface area contributed by atoms with Crippen LogP contribution in [-0.4, -0.2) is 60.4 Å². The van der Waals surface area contributed by atoms with E-state index in [0.717, 1.165) is 45.4 Å². The lowest BCUT2D eigenvalue weighted by Gasteiger charge is -2.41. The van der Waals surface area contributed by atoms with E-state index < -0.39 is 0 Å². The Morgan fingerprint density at radius 2 is 2.05 bits per heavy atom. The highest BCUT2D eigenvalue weighted by atomic mass is 16.2. The van der Waals surface area contributed by atoms with Gasteiger partial charge in [-0.1, -0.05) is 6.42 Å². The van der Waals surface area contributed by atoms with Gasteiger partial charge in [-0.15, -0.1) is 0 Å². The lowest BCUT2D eigenvalue weighted by atomic mass is 9.82. The topological polar surface area (TPSA) is 52.7 Å². The molecule has 20 heavy (non-hydrogen) atoms. The largest absolute Gasteiger partial charge is 0.341 e. The second kappa shape index (κ2) is 6.12. The summed E-state index contributed by atoms with van der Waals surface area (Å²) in [5, 5.41) is 3.11. The SMILES string of the molecule is O=C(CC1CCC1)N1CCCC(N2CCNCC2=O)C1. The van der Waals surface area contributed by atoms with E-state index in [4.69, 9.17) is 0 Å². The van der Waals surface area contributed by atoms with Crippen LogP contribution in [0.5, 0.6) is 0 Å². The Labute approximate surface area is 120 Å². The van der Waals surface area contributed by atoms with Crippen molar-refractivity contribution >= 4 is 11.8 Å². The number of nitrogens with one attached hydrogen (secondary N) is 1. The van der Waals surface area contributed by atoms with E-state index in [2.05, 4.69) is 5.32 Å². The fraction of sp³-hybridized carbons (Fsp3) is 0.867. The molecule has 0 aromatic heterocycles. The Bertz CT molecular complexity index is 381. The van der Waals surface area contributed by atoms with Gasteiger partial charge < -0.3 is 15.1 Å². The number of nitrogens with zero attached hydrogens (tertiary/aromatic N) is 2. The molecule has 2 heterocycles. The van der Waals surface area contributed by atoms with Gasteiger partial charge in [0.05, 0.1) is 6.54 Å². The number of piperidine rings is 1. The summed E-state index contributed by atoms with van der Waals surface area (Å²) in [6.07, 6.45) is 6.52. The van der Waals surface area contributed by atoms with Gasteiger partial charge in [-0.05, 0) is 31.6 Å². The molecule has 5 nitrogen and oxygen atoms in total. The van der Waals surface area contributed by atoms with Crippen molar-refractivity contribution in [2.45, 2.75) is 44.6 Å². The Morgan fingerprint density at radius 3 is 2.75 bits per heavy atom.